The molecule has 0 fully saturated rings. The van der Waals surface area contributed by atoms with Gasteiger partial charge in [0.2, 0.25) is 0 Å². The Labute approximate surface area is 340 Å². The molecule has 4 aliphatic rings. The van der Waals surface area contributed by atoms with Crippen LogP contribution in [0.5, 0.6) is 11.5 Å². The topological polar surface area (TPSA) is 159 Å². The Morgan fingerprint density at radius 1 is 0.350 bits per heavy atom. The number of ether oxygens (including phenoxy) is 1. The molecule has 60 heavy (non-hydrogen) atoms. The van der Waals surface area contributed by atoms with Gasteiger partial charge in [0.15, 0.2) is 0 Å². The molecular weight excluding hydrogens is 765 g/mol. The molecule has 8 amide bonds. The molecule has 0 aromatic heterocycles. The molecule has 0 atom stereocenters. The van der Waals surface area contributed by atoms with Crippen molar-refractivity contribution in [1.82, 2.24) is 9.80 Å². The molecule has 0 spiro atoms. The third-order valence-corrected chi connectivity index (χ3v) is 11.3. The summed E-state index contributed by atoms with van der Waals surface area (Å²) in [7, 11) is 2.83. The van der Waals surface area contributed by atoms with Crippen LogP contribution in [0.2, 0.25) is 0 Å². The van der Waals surface area contributed by atoms with E-state index in [4.69, 9.17) is 4.74 Å². The Hall–Kier alpha value is -8.32. The van der Waals surface area contributed by atoms with E-state index in [2.05, 4.69) is 0 Å². The molecule has 6 aromatic carbocycles. The fourth-order valence-electron chi connectivity index (χ4n) is 8.02. The highest BCUT2D eigenvalue weighted by atomic mass is 16.5. The number of hydrogen-bond donors (Lipinski definition) is 0. The summed E-state index contributed by atoms with van der Waals surface area (Å²) in [6, 6.07) is 33.0. The van der Waals surface area contributed by atoms with Gasteiger partial charge < -0.3 is 4.74 Å². The van der Waals surface area contributed by atoms with Gasteiger partial charge >= 0.3 is 0 Å². The Kier molecular flexibility index (Phi) is 7.88. The number of benzene rings is 6. The number of nitrogens with zero attached hydrogens (tertiary/aromatic N) is 4. The van der Waals surface area contributed by atoms with Crippen LogP contribution >= 0.6 is 0 Å². The summed E-state index contributed by atoms with van der Waals surface area (Å²) in [5, 5.41) is 0. The van der Waals surface area contributed by atoms with Crippen molar-refractivity contribution in [2.24, 2.45) is 0 Å². The van der Waals surface area contributed by atoms with E-state index in [1.165, 1.54) is 38.4 Å². The van der Waals surface area contributed by atoms with Gasteiger partial charge in [0.05, 0.1) is 55.9 Å². The Bertz CT molecular complexity index is 3030. The summed E-state index contributed by atoms with van der Waals surface area (Å²) >= 11 is 0. The maximum Gasteiger partial charge on any atom is 0.266 e. The van der Waals surface area contributed by atoms with Crippen LogP contribution in [0.4, 0.5) is 11.4 Å². The number of rotatable bonds is 7. The highest BCUT2D eigenvalue weighted by molar-refractivity contribution is 6.35. The first-order valence-corrected chi connectivity index (χ1v) is 18.7. The number of fused-ring (bicyclic) bond motifs is 4. The fourth-order valence-corrected chi connectivity index (χ4v) is 8.02. The maximum absolute atomic E-state index is 13.6. The lowest BCUT2D eigenvalue weighted by Gasteiger charge is -2.15. The van der Waals surface area contributed by atoms with Gasteiger partial charge in [-0.25, -0.2) is 9.80 Å². The normalized spacial score (nSPS) is 15.4. The van der Waals surface area contributed by atoms with E-state index in [0.717, 1.165) is 30.7 Å². The number of anilines is 2. The molecule has 0 saturated heterocycles. The number of carbonyl (C=O) groups excluding carboxylic acids is 8. The Morgan fingerprint density at radius 3 is 1.10 bits per heavy atom. The van der Waals surface area contributed by atoms with Crippen molar-refractivity contribution < 1.29 is 43.1 Å². The van der Waals surface area contributed by atoms with E-state index in [1.807, 2.05) is 24.3 Å². The number of imide groups is 4. The van der Waals surface area contributed by atoms with Crippen LogP contribution in [-0.2, 0) is 6.42 Å². The van der Waals surface area contributed by atoms with Crippen molar-refractivity contribution in [3.63, 3.8) is 0 Å². The van der Waals surface area contributed by atoms with E-state index in [-0.39, 0.29) is 50.6 Å². The number of carbonyl (C=O) groups is 8. The quantitative estimate of drug-likeness (QED) is 0.159. The molecule has 0 aliphatic carbocycles. The van der Waals surface area contributed by atoms with Gasteiger partial charge in [-0.15, -0.1) is 0 Å². The molecule has 4 heterocycles. The molecule has 13 heteroatoms. The van der Waals surface area contributed by atoms with Crippen molar-refractivity contribution in [1.29, 1.82) is 0 Å². The second-order valence-corrected chi connectivity index (χ2v) is 14.8. The molecule has 4 aliphatic heterocycles. The molecule has 0 radical (unpaired) electrons. The molecule has 0 N–H and O–H groups in total. The van der Waals surface area contributed by atoms with Crippen molar-refractivity contribution >= 4 is 58.6 Å². The van der Waals surface area contributed by atoms with Crippen LogP contribution in [-0.4, -0.2) is 71.2 Å². The van der Waals surface area contributed by atoms with Crippen LogP contribution in [0, 0.1) is 0 Å². The molecule has 13 nitrogen and oxygen atoms in total. The first-order valence-electron chi connectivity index (χ1n) is 18.7. The lowest BCUT2D eigenvalue weighted by atomic mass is 9.97. The summed E-state index contributed by atoms with van der Waals surface area (Å²) in [5.41, 5.74) is 5.79. The summed E-state index contributed by atoms with van der Waals surface area (Å²) < 4.78 is 5.93. The maximum atomic E-state index is 13.6. The van der Waals surface area contributed by atoms with Gasteiger partial charge in [-0.1, -0.05) is 36.4 Å². The van der Waals surface area contributed by atoms with E-state index in [1.54, 1.807) is 72.8 Å². The minimum Gasteiger partial charge on any atom is -0.457 e. The van der Waals surface area contributed by atoms with Crippen LogP contribution in [0.25, 0.3) is 11.1 Å². The molecule has 290 valence electrons. The summed E-state index contributed by atoms with van der Waals surface area (Å²) in [5.74, 6) is -2.97. The average Bonchev–Trinajstić information content (AvgIpc) is 3.83. The molecule has 0 bridgehead atoms. The van der Waals surface area contributed by atoms with Crippen molar-refractivity contribution in [3.8, 4) is 22.6 Å². The zero-order valence-electron chi connectivity index (χ0n) is 31.7. The third kappa shape index (κ3) is 5.40. The zero-order valence-corrected chi connectivity index (χ0v) is 31.7. The van der Waals surface area contributed by atoms with E-state index >= 15 is 0 Å². The average molecular weight is 793 g/mol. The Morgan fingerprint density at radius 2 is 0.667 bits per heavy atom. The van der Waals surface area contributed by atoms with Gasteiger partial charge in [-0.2, -0.15) is 0 Å². The first kappa shape index (κ1) is 36.0. The SMILES string of the molecule is CN1C(=O)c2ccc(Oc3ccc4c(c3)C(=O)N(c3ccc(Cc5ccc(N6C(=O)c7ccc(-c8ccc9c(c8)C(=O)N(C)C9=O)cc7C6=O)cc5)cc3)C4=O)cc2C1=O. The van der Waals surface area contributed by atoms with Gasteiger partial charge in [0.1, 0.15) is 11.5 Å². The standard InChI is InChI=1S/C47H28N4O9/c1-48-40(52)32-15-7-26(20-36(32)42(48)54)27-8-16-34-37(21-27)46(58)50(44(34)56)28-9-3-24(4-10-28)19-25-5-11-29(12-6-25)51-45(57)35-18-14-31(23-39(35)47(51)59)60-30-13-17-33-38(22-30)43(55)49(2)41(33)53/h3-18,20-23H,19H2,1-2H3. The fraction of sp³-hybridized carbons (Fsp3) is 0.0638. The zero-order chi connectivity index (χ0) is 41.7. The van der Waals surface area contributed by atoms with Crippen molar-refractivity contribution in [2.45, 2.75) is 6.42 Å². The van der Waals surface area contributed by atoms with Crippen LogP contribution < -0.4 is 14.5 Å². The van der Waals surface area contributed by atoms with Crippen LogP contribution in [0.15, 0.2) is 121 Å². The molecular formula is C47H28N4O9. The summed E-state index contributed by atoms with van der Waals surface area (Å²) in [6.07, 6.45) is 0.484. The second-order valence-electron chi connectivity index (χ2n) is 14.8. The number of hydrogen-bond acceptors (Lipinski definition) is 9. The predicted octanol–water partition coefficient (Wildman–Crippen LogP) is 6.79. The highest BCUT2D eigenvalue weighted by Crippen LogP contribution is 2.36. The lowest BCUT2D eigenvalue weighted by molar-refractivity contribution is 0.0677. The van der Waals surface area contributed by atoms with E-state index in [0.29, 0.717) is 40.2 Å². The molecule has 0 unspecified atom stereocenters. The minimum atomic E-state index is -0.519. The molecule has 0 saturated carbocycles. The summed E-state index contributed by atoms with van der Waals surface area (Å²) in [6.45, 7) is 0. The largest absolute Gasteiger partial charge is 0.457 e. The van der Waals surface area contributed by atoms with E-state index < -0.39 is 41.4 Å². The lowest BCUT2D eigenvalue weighted by Crippen LogP contribution is -2.29. The van der Waals surface area contributed by atoms with Gasteiger partial charge in [0.25, 0.3) is 47.3 Å². The van der Waals surface area contributed by atoms with Crippen molar-refractivity contribution in [3.05, 3.63) is 177 Å². The van der Waals surface area contributed by atoms with Crippen LogP contribution in [0.3, 0.4) is 0 Å². The summed E-state index contributed by atoms with van der Waals surface area (Å²) in [4.78, 5) is 108. The molecule has 10 rings (SSSR count). The van der Waals surface area contributed by atoms with E-state index in [9.17, 15) is 38.4 Å². The monoisotopic (exact) mass is 792 g/mol. The highest BCUT2D eigenvalue weighted by Gasteiger charge is 2.39. The number of amides is 8. The van der Waals surface area contributed by atoms with Gasteiger partial charge in [0, 0.05) is 14.1 Å². The van der Waals surface area contributed by atoms with Gasteiger partial charge in [-0.05, 0) is 114 Å². The van der Waals surface area contributed by atoms with Crippen molar-refractivity contribution in [2.75, 3.05) is 23.9 Å². The smallest absolute Gasteiger partial charge is 0.266 e. The Balaban J connectivity index is 0.809. The molecule has 6 aromatic rings. The first-order chi connectivity index (χ1) is 28.9. The minimum absolute atomic E-state index is 0.163. The van der Waals surface area contributed by atoms with Crippen LogP contribution in [0.1, 0.15) is 94.0 Å². The van der Waals surface area contributed by atoms with Gasteiger partial charge in [-0.3, -0.25) is 48.2 Å². The predicted molar refractivity (Wildman–Crippen MR) is 216 cm³/mol. The second kappa shape index (κ2) is 13.1. The third-order valence-electron chi connectivity index (χ3n) is 11.3.